The predicted molar refractivity (Wildman–Crippen MR) is 68.3 cm³/mol. The van der Waals surface area contributed by atoms with Crippen molar-refractivity contribution in [3.63, 3.8) is 0 Å². The van der Waals surface area contributed by atoms with Gasteiger partial charge in [0.15, 0.2) is 0 Å². The molecule has 17 heavy (non-hydrogen) atoms. The number of carbonyl (C=O) groups excluding carboxylic acids is 1. The Morgan fingerprint density at radius 2 is 2.24 bits per heavy atom. The number of esters is 1. The van der Waals surface area contributed by atoms with Gasteiger partial charge >= 0.3 is 5.97 Å². The number of anilines is 1. The summed E-state index contributed by atoms with van der Waals surface area (Å²) in [4.78, 5) is 19.5. The molecule has 0 aromatic carbocycles. The number of nitrogens with one attached hydrogen (secondary N) is 1. The summed E-state index contributed by atoms with van der Waals surface area (Å²) in [5.41, 5.74) is 0.962. The lowest BCUT2D eigenvalue weighted by Gasteiger charge is -2.09. The molecule has 1 aromatic heterocycles. The van der Waals surface area contributed by atoms with Crippen LogP contribution in [0.25, 0.3) is 0 Å². The third kappa shape index (κ3) is 4.22. The van der Waals surface area contributed by atoms with E-state index in [9.17, 15) is 4.79 Å². The highest BCUT2D eigenvalue weighted by Gasteiger charge is 2.09. The van der Waals surface area contributed by atoms with E-state index in [0.717, 1.165) is 23.0 Å². The first kappa shape index (κ1) is 13.8. The van der Waals surface area contributed by atoms with Gasteiger partial charge in [0.1, 0.15) is 17.2 Å². The van der Waals surface area contributed by atoms with E-state index in [1.165, 1.54) is 18.1 Å². The van der Waals surface area contributed by atoms with Crippen LogP contribution in [0, 0.1) is 6.92 Å². The second-order valence-corrected chi connectivity index (χ2v) is 4.24. The maximum atomic E-state index is 11.2. The average Bonchev–Trinajstić information content (AvgIpc) is 2.31. The molecule has 0 atom stereocenters. The zero-order valence-electron chi connectivity index (χ0n) is 10.3. The Hall–Kier alpha value is -1.30. The Balaban J connectivity index is 2.64. The number of nitrogens with zero attached hydrogens (tertiary/aromatic N) is 2. The third-order valence-corrected chi connectivity index (χ3v) is 3.08. The molecule has 5 nitrogen and oxygen atoms in total. The number of thioether (sulfide) groups is 1. The molecule has 0 amide bonds. The second kappa shape index (κ2) is 7.11. The van der Waals surface area contributed by atoms with Crippen molar-refractivity contribution in [2.24, 2.45) is 0 Å². The zero-order valence-corrected chi connectivity index (χ0v) is 11.1. The topological polar surface area (TPSA) is 64.1 Å². The van der Waals surface area contributed by atoms with Crippen molar-refractivity contribution in [1.82, 2.24) is 9.97 Å². The van der Waals surface area contributed by atoms with Crippen LogP contribution in [0.3, 0.4) is 0 Å². The number of hydrogen-bond acceptors (Lipinski definition) is 6. The van der Waals surface area contributed by atoms with Crippen molar-refractivity contribution in [2.45, 2.75) is 25.8 Å². The molecule has 0 unspecified atom stereocenters. The lowest BCUT2D eigenvalue weighted by molar-refractivity contribution is -0.139. The highest BCUT2D eigenvalue weighted by Crippen LogP contribution is 2.23. The van der Waals surface area contributed by atoms with Crippen LogP contribution in [0.15, 0.2) is 11.4 Å². The van der Waals surface area contributed by atoms with E-state index < -0.39 is 0 Å². The van der Waals surface area contributed by atoms with Gasteiger partial charge in [-0.1, -0.05) is 11.8 Å². The molecular formula is C11H17N3O2S. The van der Waals surface area contributed by atoms with E-state index in [4.69, 9.17) is 4.74 Å². The number of rotatable bonds is 6. The van der Waals surface area contributed by atoms with Crippen LogP contribution in [0.4, 0.5) is 5.82 Å². The summed E-state index contributed by atoms with van der Waals surface area (Å²) < 4.78 is 4.86. The molecule has 0 aliphatic carbocycles. The van der Waals surface area contributed by atoms with Gasteiger partial charge in [-0.05, 0) is 20.8 Å². The molecule has 0 saturated heterocycles. The molecular weight excluding hydrogens is 238 g/mol. The molecule has 0 aliphatic rings. The van der Waals surface area contributed by atoms with E-state index in [1.54, 1.807) is 6.92 Å². The van der Waals surface area contributed by atoms with Gasteiger partial charge in [0, 0.05) is 12.1 Å². The predicted octanol–water partition coefficient (Wildman–Crippen LogP) is 1.87. The highest BCUT2D eigenvalue weighted by atomic mass is 32.2. The lowest BCUT2D eigenvalue weighted by Crippen LogP contribution is -2.08. The number of aromatic nitrogens is 2. The van der Waals surface area contributed by atoms with Crippen LogP contribution >= 0.6 is 11.8 Å². The third-order valence-electron chi connectivity index (χ3n) is 2.01. The van der Waals surface area contributed by atoms with Gasteiger partial charge in [-0.3, -0.25) is 4.79 Å². The Morgan fingerprint density at radius 3 is 2.88 bits per heavy atom. The van der Waals surface area contributed by atoms with Gasteiger partial charge in [-0.15, -0.1) is 0 Å². The Morgan fingerprint density at radius 1 is 1.47 bits per heavy atom. The van der Waals surface area contributed by atoms with Crippen LogP contribution in [-0.4, -0.2) is 34.8 Å². The van der Waals surface area contributed by atoms with E-state index in [2.05, 4.69) is 15.3 Å². The highest BCUT2D eigenvalue weighted by molar-refractivity contribution is 7.99. The fraction of sp³-hybridized carbons (Fsp3) is 0.545. The molecule has 0 aliphatic heterocycles. The normalized spacial score (nSPS) is 10.1. The van der Waals surface area contributed by atoms with Crippen molar-refractivity contribution < 1.29 is 9.53 Å². The maximum absolute atomic E-state index is 11.2. The monoisotopic (exact) mass is 255 g/mol. The van der Waals surface area contributed by atoms with Crippen LogP contribution in [0.1, 0.15) is 19.4 Å². The molecule has 1 N–H and O–H groups in total. The van der Waals surface area contributed by atoms with Gasteiger partial charge in [-0.2, -0.15) is 0 Å². The summed E-state index contributed by atoms with van der Waals surface area (Å²) in [6.07, 6.45) is 1.50. The largest absolute Gasteiger partial charge is 0.465 e. The Labute approximate surface area is 105 Å². The minimum atomic E-state index is -0.222. The van der Waals surface area contributed by atoms with Gasteiger partial charge in [-0.25, -0.2) is 9.97 Å². The van der Waals surface area contributed by atoms with Crippen molar-refractivity contribution in [3.8, 4) is 0 Å². The SMILES string of the molecule is CCNc1ncnc(SCC(=O)OCC)c1C. The van der Waals surface area contributed by atoms with Gasteiger partial charge in [0.25, 0.3) is 0 Å². The Kier molecular flexibility index (Phi) is 5.76. The van der Waals surface area contributed by atoms with E-state index >= 15 is 0 Å². The average molecular weight is 255 g/mol. The molecule has 1 rings (SSSR count). The van der Waals surface area contributed by atoms with Crippen LogP contribution < -0.4 is 5.32 Å². The fourth-order valence-electron chi connectivity index (χ4n) is 1.26. The van der Waals surface area contributed by atoms with Crippen LogP contribution in [0.2, 0.25) is 0 Å². The molecule has 0 bridgehead atoms. The van der Waals surface area contributed by atoms with Crippen molar-refractivity contribution in [3.05, 3.63) is 11.9 Å². The fourth-order valence-corrected chi connectivity index (χ4v) is 2.03. The number of ether oxygens (including phenoxy) is 1. The van der Waals surface area contributed by atoms with Crippen molar-refractivity contribution in [2.75, 3.05) is 24.2 Å². The standard InChI is InChI=1S/C11H17N3O2S/c1-4-12-10-8(3)11(14-7-13-10)17-6-9(15)16-5-2/h7H,4-6H2,1-3H3,(H,12,13,14). The first-order valence-electron chi connectivity index (χ1n) is 5.52. The quantitative estimate of drug-likeness (QED) is 0.475. The van der Waals surface area contributed by atoms with Gasteiger partial charge < -0.3 is 10.1 Å². The molecule has 0 saturated carbocycles. The maximum Gasteiger partial charge on any atom is 0.316 e. The molecule has 1 aromatic rings. The first-order chi connectivity index (χ1) is 8.19. The molecule has 0 radical (unpaired) electrons. The molecule has 1 heterocycles. The minimum absolute atomic E-state index is 0.222. The van der Waals surface area contributed by atoms with Crippen LogP contribution in [0.5, 0.6) is 0 Å². The summed E-state index contributed by atoms with van der Waals surface area (Å²) in [6, 6.07) is 0. The van der Waals surface area contributed by atoms with Crippen molar-refractivity contribution in [1.29, 1.82) is 0 Å². The minimum Gasteiger partial charge on any atom is -0.465 e. The molecule has 0 fully saturated rings. The van der Waals surface area contributed by atoms with E-state index in [-0.39, 0.29) is 11.7 Å². The van der Waals surface area contributed by atoms with E-state index in [0.29, 0.717) is 6.61 Å². The first-order valence-corrected chi connectivity index (χ1v) is 6.51. The summed E-state index contributed by atoms with van der Waals surface area (Å²) in [7, 11) is 0. The van der Waals surface area contributed by atoms with E-state index in [1.807, 2.05) is 13.8 Å². The summed E-state index contributed by atoms with van der Waals surface area (Å²) >= 11 is 1.37. The van der Waals surface area contributed by atoms with Crippen LogP contribution in [-0.2, 0) is 9.53 Å². The number of carbonyl (C=O) groups is 1. The smallest absolute Gasteiger partial charge is 0.316 e. The zero-order chi connectivity index (χ0) is 12.7. The van der Waals surface area contributed by atoms with Gasteiger partial charge in [0.2, 0.25) is 0 Å². The summed E-state index contributed by atoms with van der Waals surface area (Å²) in [6.45, 7) is 6.95. The Bertz CT molecular complexity index is 385. The van der Waals surface area contributed by atoms with Gasteiger partial charge in [0.05, 0.1) is 12.4 Å². The second-order valence-electron chi connectivity index (χ2n) is 3.28. The molecule has 6 heteroatoms. The summed E-state index contributed by atoms with van der Waals surface area (Å²) in [5, 5.41) is 3.96. The number of hydrogen-bond donors (Lipinski definition) is 1. The molecule has 0 spiro atoms. The molecule has 94 valence electrons. The lowest BCUT2D eigenvalue weighted by atomic mass is 10.3. The summed E-state index contributed by atoms with van der Waals surface area (Å²) in [5.74, 6) is 0.867. The van der Waals surface area contributed by atoms with Crippen molar-refractivity contribution >= 4 is 23.5 Å².